The molecule has 1 aromatic heterocycles. The summed E-state index contributed by atoms with van der Waals surface area (Å²) in [6, 6.07) is 6.80. The van der Waals surface area contributed by atoms with E-state index in [1.54, 1.807) is 31.4 Å². The maximum Gasteiger partial charge on any atom is 0.193 e. The molecule has 0 fully saturated rings. The van der Waals surface area contributed by atoms with Crippen molar-refractivity contribution in [2.24, 2.45) is 0 Å². The van der Waals surface area contributed by atoms with Gasteiger partial charge in [-0.1, -0.05) is 13.8 Å². The average Bonchev–Trinajstić information content (AvgIpc) is 2.28. The second-order valence-corrected chi connectivity index (χ2v) is 4.03. The topological polar surface area (TPSA) is 39.4 Å². The first-order valence-electron chi connectivity index (χ1n) is 5.23. The summed E-state index contributed by atoms with van der Waals surface area (Å²) in [6.07, 6.45) is 0. The molecular formula is C13H14O3. The van der Waals surface area contributed by atoms with Crippen LogP contribution in [0.3, 0.4) is 0 Å². The van der Waals surface area contributed by atoms with Gasteiger partial charge in [0.1, 0.15) is 17.1 Å². The minimum absolute atomic E-state index is 0.0242. The van der Waals surface area contributed by atoms with E-state index in [-0.39, 0.29) is 11.3 Å². The van der Waals surface area contributed by atoms with Crippen LogP contribution in [0.4, 0.5) is 0 Å². The molecule has 3 nitrogen and oxygen atoms in total. The lowest BCUT2D eigenvalue weighted by Gasteiger charge is -2.06. The molecule has 1 heterocycles. The number of hydrogen-bond donors (Lipinski definition) is 0. The first kappa shape index (κ1) is 10.7. The van der Waals surface area contributed by atoms with Gasteiger partial charge in [-0.15, -0.1) is 0 Å². The van der Waals surface area contributed by atoms with Crippen LogP contribution in [0.1, 0.15) is 25.5 Å². The standard InChI is InChI=1S/C13H14O3/c1-8(2)13-7-11(14)10-6-9(15-3)4-5-12(10)16-13/h4-8H,1-3H3. The van der Waals surface area contributed by atoms with Gasteiger partial charge < -0.3 is 9.15 Å². The molecule has 0 radical (unpaired) electrons. The molecule has 1 aromatic carbocycles. The molecule has 0 amide bonds. The number of rotatable bonds is 2. The smallest absolute Gasteiger partial charge is 0.193 e. The van der Waals surface area contributed by atoms with Crippen molar-refractivity contribution in [3.05, 3.63) is 40.2 Å². The minimum atomic E-state index is -0.0242. The van der Waals surface area contributed by atoms with Crippen molar-refractivity contribution in [1.29, 1.82) is 0 Å². The zero-order valence-electron chi connectivity index (χ0n) is 9.61. The molecule has 0 bridgehead atoms. The number of ether oxygens (including phenoxy) is 1. The maximum absolute atomic E-state index is 11.9. The van der Waals surface area contributed by atoms with Gasteiger partial charge in [0.15, 0.2) is 5.43 Å². The molecule has 0 aliphatic rings. The van der Waals surface area contributed by atoms with Crippen molar-refractivity contribution in [2.75, 3.05) is 7.11 Å². The van der Waals surface area contributed by atoms with Gasteiger partial charge >= 0.3 is 0 Å². The molecule has 0 saturated carbocycles. The molecule has 0 saturated heterocycles. The lowest BCUT2D eigenvalue weighted by molar-refractivity contribution is 0.415. The molecular weight excluding hydrogens is 204 g/mol. The number of methoxy groups -OCH3 is 1. The van der Waals surface area contributed by atoms with E-state index >= 15 is 0 Å². The molecule has 84 valence electrons. The summed E-state index contributed by atoms with van der Waals surface area (Å²) in [5, 5.41) is 0.559. The summed E-state index contributed by atoms with van der Waals surface area (Å²) in [6.45, 7) is 3.99. The van der Waals surface area contributed by atoms with Crippen LogP contribution in [-0.2, 0) is 0 Å². The monoisotopic (exact) mass is 218 g/mol. The normalized spacial score (nSPS) is 11.0. The summed E-state index contributed by atoms with van der Waals surface area (Å²) in [5.74, 6) is 1.58. The lowest BCUT2D eigenvalue weighted by atomic mass is 10.1. The predicted octanol–water partition coefficient (Wildman–Crippen LogP) is 2.93. The Morgan fingerprint density at radius 1 is 1.25 bits per heavy atom. The third kappa shape index (κ3) is 1.81. The van der Waals surface area contributed by atoms with Gasteiger partial charge in [0.25, 0.3) is 0 Å². The van der Waals surface area contributed by atoms with E-state index in [2.05, 4.69) is 0 Å². The first-order valence-corrected chi connectivity index (χ1v) is 5.23. The van der Waals surface area contributed by atoms with Gasteiger partial charge in [0.2, 0.25) is 0 Å². The van der Waals surface area contributed by atoms with E-state index in [0.29, 0.717) is 22.5 Å². The molecule has 0 N–H and O–H groups in total. The Morgan fingerprint density at radius 2 is 2.00 bits per heavy atom. The van der Waals surface area contributed by atoms with Crippen LogP contribution < -0.4 is 10.2 Å². The number of benzene rings is 1. The molecule has 3 heteroatoms. The van der Waals surface area contributed by atoms with Gasteiger partial charge in [0, 0.05) is 12.0 Å². The zero-order valence-corrected chi connectivity index (χ0v) is 9.61. The van der Waals surface area contributed by atoms with E-state index in [1.165, 1.54) is 0 Å². The maximum atomic E-state index is 11.9. The van der Waals surface area contributed by atoms with Crippen molar-refractivity contribution in [3.63, 3.8) is 0 Å². The van der Waals surface area contributed by atoms with Crippen molar-refractivity contribution >= 4 is 11.0 Å². The highest BCUT2D eigenvalue weighted by Crippen LogP contribution is 2.21. The van der Waals surface area contributed by atoms with Gasteiger partial charge in [-0.2, -0.15) is 0 Å². The predicted molar refractivity (Wildman–Crippen MR) is 63.1 cm³/mol. The highest BCUT2D eigenvalue weighted by molar-refractivity contribution is 5.78. The molecule has 2 rings (SSSR count). The fourth-order valence-electron chi connectivity index (χ4n) is 1.57. The van der Waals surface area contributed by atoms with Crippen LogP contribution in [0.2, 0.25) is 0 Å². The Balaban J connectivity index is 2.71. The highest BCUT2D eigenvalue weighted by atomic mass is 16.5. The quantitative estimate of drug-likeness (QED) is 0.778. The molecule has 0 aliphatic heterocycles. The lowest BCUT2D eigenvalue weighted by Crippen LogP contribution is -2.03. The van der Waals surface area contributed by atoms with Crippen molar-refractivity contribution < 1.29 is 9.15 Å². The van der Waals surface area contributed by atoms with Gasteiger partial charge in [0.05, 0.1) is 12.5 Å². The second-order valence-electron chi connectivity index (χ2n) is 4.03. The molecule has 0 spiro atoms. The molecule has 2 aromatic rings. The Labute approximate surface area is 93.7 Å². The van der Waals surface area contributed by atoms with Crippen LogP contribution in [0.5, 0.6) is 5.75 Å². The Hall–Kier alpha value is -1.77. The summed E-state index contributed by atoms with van der Waals surface area (Å²) >= 11 is 0. The molecule has 16 heavy (non-hydrogen) atoms. The summed E-state index contributed by atoms with van der Waals surface area (Å²) in [4.78, 5) is 11.9. The summed E-state index contributed by atoms with van der Waals surface area (Å²) < 4.78 is 10.7. The van der Waals surface area contributed by atoms with Crippen molar-refractivity contribution in [1.82, 2.24) is 0 Å². The third-order valence-corrected chi connectivity index (χ3v) is 2.52. The van der Waals surface area contributed by atoms with Gasteiger partial charge in [-0.3, -0.25) is 4.79 Å². The summed E-state index contributed by atoms with van der Waals surface area (Å²) in [7, 11) is 1.57. The summed E-state index contributed by atoms with van der Waals surface area (Å²) in [5.41, 5.74) is 0.584. The van der Waals surface area contributed by atoms with Crippen LogP contribution in [0.25, 0.3) is 11.0 Å². The SMILES string of the molecule is COc1ccc2oc(C(C)C)cc(=O)c2c1. The first-order chi connectivity index (χ1) is 7.61. The van der Waals surface area contributed by atoms with Crippen LogP contribution >= 0.6 is 0 Å². The Bertz CT molecular complexity index is 567. The molecule has 0 atom stereocenters. The number of fused-ring (bicyclic) bond motifs is 1. The van der Waals surface area contributed by atoms with E-state index in [9.17, 15) is 4.79 Å². The average molecular weight is 218 g/mol. The van der Waals surface area contributed by atoms with E-state index < -0.39 is 0 Å². The Morgan fingerprint density at radius 3 is 2.62 bits per heavy atom. The third-order valence-electron chi connectivity index (χ3n) is 2.52. The van der Waals surface area contributed by atoms with E-state index in [0.717, 1.165) is 0 Å². The Kier molecular flexibility index (Phi) is 2.69. The number of hydrogen-bond acceptors (Lipinski definition) is 3. The van der Waals surface area contributed by atoms with Gasteiger partial charge in [-0.05, 0) is 18.2 Å². The second kappa shape index (κ2) is 4.00. The molecule has 0 unspecified atom stereocenters. The largest absolute Gasteiger partial charge is 0.497 e. The molecule has 0 aliphatic carbocycles. The minimum Gasteiger partial charge on any atom is -0.497 e. The van der Waals surface area contributed by atoms with Crippen molar-refractivity contribution in [2.45, 2.75) is 19.8 Å². The van der Waals surface area contributed by atoms with E-state index in [1.807, 2.05) is 13.8 Å². The van der Waals surface area contributed by atoms with Gasteiger partial charge in [-0.25, -0.2) is 0 Å². The highest BCUT2D eigenvalue weighted by Gasteiger charge is 2.08. The van der Waals surface area contributed by atoms with Crippen molar-refractivity contribution in [3.8, 4) is 5.75 Å². The van der Waals surface area contributed by atoms with Crippen LogP contribution in [0.15, 0.2) is 33.5 Å². The van der Waals surface area contributed by atoms with Crippen LogP contribution in [-0.4, -0.2) is 7.11 Å². The zero-order chi connectivity index (χ0) is 11.7. The fourth-order valence-corrected chi connectivity index (χ4v) is 1.57. The fraction of sp³-hybridized carbons (Fsp3) is 0.308. The van der Waals surface area contributed by atoms with Crippen LogP contribution in [0, 0.1) is 0 Å². The van der Waals surface area contributed by atoms with E-state index in [4.69, 9.17) is 9.15 Å².